The number of nitrogens with two attached hydrogens (primary N) is 1. The molecule has 4 rings (SSSR count). The van der Waals surface area contributed by atoms with Crippen molar-refractivity contribution < 1.29 is 26.8 Å². The highest BCUT2D eigenvalue weighted by Gasteiger charge is 2.58. The number of alkyl halides is 2. The lowest BCUT2D eigenvalue weighted by molar-refractivity contribution is -0.119. The molecule has 7 nitrogen and oxygen atoms in total. The number of benzene rings is 2. The molecule has 2 amide bonds. The monoisotopic (exact) mass is 503 g/mol. The van der Waals surface area contributed by atoms with Crippen LogP contribution in [0.1, 0.15) is 22.3 Å². The maximum Gasteiger partial charge on any atom is 0.270 e. The summed E-state index contributed by atoms with van der Waals surface area (Å²) in [5.74, 6) is -5.22. The van der Waals surface area contributed by atoms with Crippen molar-refractivity contribution in [2.24, 2.45) is 5.73 Å². The second-order valence-electron chi connectivity index (χ2n) is 7.73. The molecule has 0 saturated heterocycles. The summed E-state index contributed by atoms with van der Waals surface area (Å²) in [6.45, 7) is -0.0599. The molecular formula is C20H17Cl2F2N3O4S. The van der Waals surface area contributed by atoms with Gasteiger partial charge in [-0.2, -0.15) is 0 Å². The van der Waals surface area contributed by atoms with Gasteiger partial charge in [0.25, 0.3) is 11.8 Å². The van der Waals surface area contributed by atoms with Gasteiger partial charge in [0.05, 0.1) is 45.6 Å². The predicted molar refractivity (Wildman–Crippen MR) is 115 cm³/mol. The van der Waals surface area contributed by atoms with Gasteiger partial charge in [0.2, 0.25) is 5.91 Å². The van der Waals surface area contributed by atoms with Gasteiger partial charge in [0, 0.05) is 11.4 Å². The van der Waals surface area contributed by atoms with Crippen LogP contribution in [0, 0.1) is 0 Å². The Bertz CT molecular complexity index is 1220. The van der Waals surface area contributed by atoms with Gasteiger partial charge in [0.15, 0.2) is 9.84 Å². The number of amides is 2. The van der Waals surface area contributed by atoms with Gasteiger partial charge in [-0.1, -0.05) is 35.3 Å². The lowest BCUT2D eigenvalue weighted by atomic mass is 10.1. The third kappa shape index (κ3) is 4.32. The number of nitrogens with one attached hydrogen (secondary N) is 1. The van der Waals surface area contributed by atoms with Crippen LogP contribution in [0.25, 0.3) is 0 Å². The van der Waals surface area contributed by atoms with Gasteiger partial charge in [-0.3, -0.25) is 9.59 Å². The van der Waals surface area contributed by atoms with Gasteiger partial charge in [0.1, 0.15) is 0 Å². The van der Waals surface area contributed by atoms with Crippen molar-refractivity contribution in [1.82, 2.24) is 5.32 Å². The minimum absolute atomic E-state index is 0.0599. The fourth-order valence-electron chi connectivity index (χ4n) is 3.44. The number of anilines is 1. The number of hydrogen-bond donors (Lipinski definition) is 2. The van der Waals surface area contributed by atoms with Crippen LogP contribution in [-0.2, 0) is 21.2 Å². The zero-order valence-electron chi connectivity index (χ0n) is 16.3. The summed E-state index contributed by atoms with van der Waals surface area (Å²) in [5.41, 5.74) is 6.15. The molecule has 1 aliphatic carbocycles. The quantitative estimate of drug-likeness (QED) is 0.666. The summed E-state index contributed by atoms with van der Waals surface area (Å²) in [5, 5.41) is 2.39. The Morgan fingerprint density at radius 2 is 1.84 bits per heavy atom. The molecule has 1 heterocycles. The Morgan fingerprint density at radius 1 is 1.22 bits per heavy atom. The van der Waals surface area contributed by atoms with E-state index >= 15 is 0 Å². The van der Waals surface area contributed by atoms with E-state index < -0.39 is 51.8 Å². The highest BCUT2D eigenvalue weighted by molar-refractivity contribution is 7.91. The van der Waals surface area contributed by atoms with E-state index in [1.165, 1.54) is 0 Å². The van der Waals surface area contributed by atoms with E-state index in [4.69, 9.17) is 28.9 Å². The van der Waals surface area contributed by atoms with E-state index in [1.54, 1.807) is 24.3 Å². The smallest absolute Gasteiger partial charge is 0.270 e. The molecule has 1 aliphatic heterocycles. The molecule has 2 aromatic rings. The van der Waals surface area contributed by atoms with E-state index in [0.29, 0.717) is 10.6 Å². The van der Waals surface area contributed by atoms with Crippen LogP contribution in [0.2, 0.25) is 10.0 Å². The first-order valence-corrected chi connectivity index (χ1v) is 11.9. The van der Waals surface area contributed by atoms with Crippen molar-refractivity contribution in [3.8, 4) is 0 Å². The first kappa shape index (κ1) is 22.9. The molecular weight excluding hydrogens is 487 g/mol. The summed E-state index contributed by atoms with van der Waals surface area (Å²) in [6, 6.07) is 6.01. The van der Waals surface area contributed by atoms with E-state index in [-0.39, 0.29) is 27.7 Å². The van der Waals surface area contributed by atoms with Crippen molar-refractivity contribution in [2.45, 2.75) is 35.9 Å². The normalized spacial score (nSPS) is 23.3. The first-order valence-electron chi connectivity index (χ1n) is 9.45. The Hall–Kier alpha value is -2.27. The SMILES string of the molecule is N[C@H]1CS(=O)(=O)c2cc(Cl)c(C(=O)N[C@@H]3CC3(F)F)cc2N(Cc2ccc(Cl)cc2)C1=O. The van der Waals surface area contributed by atoms with Crippen LogP contribution >= 0.6 is 23.2 Å². The summed E-state index contributed by atoms with van der Waals surface area (Å²) in [6.07, 6.45) is -0.494. The summed E-state index contributed by atoms with van der Waals surface area (Å²) >= 11 is 12.0. The second-order valence-corrected chi connectivity index (χ2v) is 10.6. The fraction of sp³-hybridized carbons (Fsp3) is 0.300. The standard InChI is InChI=1S/C20H17Cl2F2N3O4S/c21-11-3-1-10(2-4-11)8-27-15-5-12(18(28)26-17-7-20(17,23)24)13(22)6-16(15)32(30,31)9-14(25)19(27)29/h1-6,14,17H,7-9,25H2,(H,26,28)/t14-,17+/m0/s1. The largest absolute Gasteiger partial charge is 0.343 e. The van der Waals surface area contributed by atoms with Gasteiger partial charge in [-0.15, -0.1) is 0 Å². The lowest BCUT2D eigenvalue weighted by Gasteiger charge is -2.25. The van der Waals surface area contributed by atoms with Gasteiger partial charge in [-0.05, 0) is 29.8 Å². The summed E-state index contributed by atoms with van der Waals surface area (Å²) in [4.78, 5) is 26.4. The summed E-state index contributed by atoms with van der Waals surface area (Å²) < 4.78 is 52.2. The van der Waals surface area contributed by atoms with E-state index in [0.717, 1.165) is 17.0 Å². The molecule has 170 valence electrons. The average Bonchev–Trinajstić information content (AvgIpc) is 3.32. The number of rotatable bonds is 4. The molecule has 2 aliphatic rings. The van der Waals surface area contributed by atoms with E-state index in [2.05, 4.69) is 5.32 Å². The van der Waals surface area contributed by atoms with Crippen molar-refractivity contribution in [1.29, 1.82) is 0 Å². The first-order chi connectivity index (χ1) is 14.9. The minimum Gasteiger partial charge on any atom is -0.343 e. The third-order valence-corrected chi connectivity index (χ3v) is 7.65. The molecule has 0 unspecified atom stereocenters. The Labute approximate surface area is 192 Å². The molecule has 2 atom stereocenters. The number of fused-ring (bicyclic) bond motifs is 1. The highest BCUT2D eigenvalue weighted by atomic mass is 35.5. The Kier molecular flexibility index (Phi) is 5.69. The second kappa shape index (κ2) is 7.95. The predicted octanol–water partition coefficient (Wildman–Crippen LogP) is 2.78. The number of carbonyl (C=O) groups is 2. The number of nitrogens with zero attached hydrogens (tertiary/aromatic N) is 1. The van der Waals surface area contributed by atoms with Crippen LogP contribution in [0.3, 0.4) is 0 Å². The molecule has 0 spiro atoms. The topological polar surface area (TPSA) is 110 Å². The van der Waals surface area contributed by atoms with Gasteiger partial charge >= 0.3 is 0 Å². The van der Waals surface area contributed by atoms with Crippen LogP contribution in [0.4, 0.5) is 14.5 Å². The van der Waals surface area contributed by atoms with Gasteiger partial charge < -0.3 is 16.0 Å². The maximum atomic E-state index is 13.2. The molecule has 32 heavy (non-hydrogen) atoms. The van der Waals surface area contributed by atoms with Crippen LogP contribution < -0.4 is 16.0 Å². The molecule has 0 radical (unpaired) electrons. The molecule has 1 saturated carbocycles. The van der Waals surface area contributed by atoms with Crippen molar-refractivity contribution >= 4 is 50.5 Å². The van der Waals surface area contributed by atoms with E-state index in [9.17, 15) is 26.8 Å². The maximum absolute atomic E-state index is 13.2. The fourth-order valence-corrected chi connectivity index (χ4v) is 5.46. The average molecular weight is 504 g/mol. The highest BCUT2D eigenvalue weighted by Crippen LogP contribution is 2.42. The molecule has 0 bridgehead atoms. The zero-order valence-corrected chi connectivity index (χ0v) is 18.6. The number of hydrogen-bond acceptors (Lipinski definition) is 5. The van der Waals surface area contributed by atoms with Crippen LogP contribution in [-0.4, -0.2) is 44.0 Å². The Balaban J connectivity index is 1.80. The number of sulfone groups is 1. The molecule has 1 fully saturated rings. The number of carbonyl (C=O) groups excluding carboxylic acids is 2. The lowest BCUT2D eigenvalue weighted by Crippen LogP contribution is -2.45. The number of halogens is 4. The molecule has 12 heteroatoms. The van der Waals surface area contributed by atoms with Crippen LogP contribution in [0.5, 0.6) is 0 Å². The van der Waals surface area contributed by atoms with Crippen molar-refractivity contribution in [3.05, 3.63) is 57.6 Å². The zero-order chi connectivity index (χ0) is 23.4. The van der Waals surface area contributed by atoms with Gasteiger partial charge in [-0.25, -0.2) is 17.2 Å². The van der Waals surface area contributed by atoms with E-state index in [1.807, 2.05) is 0 Å². The summed E-state index contributed by atoms with van der Waals surface area (Å²) in [7, 11) is -4.03. The molecule has 2 aromatic carbocycles. The molecule has 3 N–H and O–H groups in total. The van der Waals surface area contributed by atoms with Crippen LogP contribution in [0.15, 0.2) is 41.3 Å². The van der Waals surface area contributed by atoms with Crippen molar-refractivity contribution in [2.75, 3.05) is 10.7 Å². The van der Waals surface area contributed by atoms with Crippen molar-refractivity contribution in [3.63, 3.8) is 0 Å². The third-order valence-electron chi connectivity index (χ3n) is 5.29. The minimum atomic E-state index is -4.03. The Morgan fingerprint density at radius 3 is 2.44 bits per heavy atom. The molecule has 0 aromatic heterocycles.